The highest BCUT2D eigenvalue weighted by atomic mass is 35.5. The van der Waals surface area contributed by atoms with E-state index in [0.717, 1.165) is 5.56 Å². The van der Waals surface area contributed by atoms with Crippen molar-refractivity contribution < 1.29 is 9.31 Å². The first-order valence-corrected chi connectivity index (χ1v) is 7.36. The Morgan fingerprint density at radius 1 is 1.35 bits per heavy atom. The van der Waals surface area contributed by atoms with Crippen LogP contribution < -0.4 is 5.32 Å². The van der Waals surface area contributed by atoms with Crippen LogP contribution in [0, 0.1) is 15.9 Å². The number of thiocarbonyl (C=S) groups is 1. The zero-order valence-electron chi connectivity index (χ0n) is 12.1. The molecule has 120 valence electrons. The van der Waals surface area contributed by atoms with Gasteiger partial charge in [0.1, 0.15) is 5.82 Å². The number of nitrogens with zero attached hydrogens (tertiary/aromatic N) is 2. The van der Waals surface area contributed by atoms with Crippen molar-refractivity contribution in [3.8, 4) is 0 Å². The zero-order chi connectivity index (χ0) is 17.0. The molecule has 0 spiro atoms. The predicted octanol–water partition coefficient (Wildman–Crippen LogP) is 4.22. The minimum Gasteiger partial charge on any atom is -0.348 e. The van der Waals surface area contributed by atoms with Crippen LogP contribution in [0.3, 0.4) is 0 Å². The summed E-state index contributed by atoms with van der Waals surface area (Å²) < 4.78 is 12.9. The summed E-state index contributed by atoms with van der Waals surface area (Å²) in [5.74, 6) is -0.305. The second-order valence-corrected chi connectivity index (χ2v) is 5.63. The molecular formula is C15H13ClFN3O2S. The summed E-state index contributed by atoms with van der Waals surface area (Å²) in [6.45, 7) is 0.457. The van der Waals surface area contributed by atoms with Gasteiger partial charge in [-0.3, -0.25) is 10.1 Å². The van der Waals surface area contributed by atoms with Crippen molar-refractivity contribution in [1.29, 1.82) is 0 Å². The molecule has 2 rings (SSSR count). The Balaban J connectivity index is 2.07. The highest BCUT2D eigenvalue weighted by Crippen LogP contribution is 2.27. The van der Waals surface area contributed by atoms with E-state index in [1.165, 1.54) is 30.3 Å². The van der Waals surface area contributed by atoms with Crippen LogP contribution in [0.25, 0.3) is 0 Å². The maximum atomic E-state index is 12.9. The zero-order valence-corrected chi connectivity index (χ0v) is 13.7. The molecule has 0 bridgehead atoms. The molecule has 5 nitrogen and oxygen atoms in total. The Labute approximate surface area is 142 Å². The number of nitrogens with one attached hydrogen (secondary N) is 1. The van der Waals surface area contributed by atoms with Crippen molar-refractivity contribution in [3.05, 3.63) is 69.0 Å². The molecule has 0 aliphatic carbocycles. The standard InChI is InChI=1S/C15H13ClFN3O2S/c1-19(9-10-2-4-11(17)5-3-10)15(23)18-14-8-12(20(21)22)6-7-13(14)16/h2-8H,9H2,1H3,(H,18,23). The minimum absolute atomic E-state index is 0.0825. The Hall–Kier alpha value is -2.25. The van der Waals surface area contributed by atoms with Gasteiger partial charge in [-0.05, 0) is 36.0 Å². The van der Waals surface area contributed by atoms with Crippen molar-refractivity contribution in [1.82, 2.24) is 4.90 Å². The van der Waals surface area contributed by atoms with Gasteiger partial charge in [0.05, 0.1) is 15.6 Å². The van der Waals surface area contributed by atoms with Gasteiger partial charge in [-0.2, -0.15) is 0 Å². The lowest BCUT2D eigenvalue weighted by molar-refractivity contribution is -0.384. The number of hydrogen-bond donors (Lipinski definition) is 1. The average Bonchev–Trinajstić information content (AvgIpc) is 2.51. The molecule has 0 radical (unpaired) electrons. The third kappa shape index (κ3) is 4.61. The van der Waals surface area contributed by atoms with Gasteiger partial charge in [-0.25, -0.2) is 4.39 Å². The molecular weight excluding hydrogens is 341 g/mol. The maximum Gasteiger partial charge on any atom is 0.271 e. The molecule has 0 aliphatic heterocycles. The van der Waals surface area contributed by atoms with Crippen LogP contribution >= 0.6 is 23.8 Å². The van der Waals surface area contributed by atoms with E-state index >= 15 is 0 Å². The summed E-state index contributed by atoms with van der Waals surface area (Å²) in [6.07, 6.45) is 0. The number of nitro groups is 1. The second kappa shape index (κ2) is 7.34. The summed E-state index contributed by atoms with van der Waals surface area (Å²) in [5.41, 5.74) is 1.15. The van der Waals surface area contributed by atoms with Gasteiger partial charge in [0.25, 0.3) is 5.69 Å². The number of nitro benzene ring substituents is 1. The lowest BCUT2D eigenvalue weighted by Crippen LogP contribution is -2.30. The topological polar surface area (TPSA) is 58.4 Å². The van der Waals surface area contributed by atoms with Crippen LogP contribution in [0.5, 0.6) is 0 Å². The summed E-state index contributed by atoms with van der Waals surface area (Å²) >= 11 is 11.3. The van der Waals surface area contributed by atoms with Crippen LogP contribution in [0.4, 0.5) is 15.8 Å². The molecule has 23 heavy (non-hydrogen) atoms. The molecule has 1 N–H and O–H groups in total. The molecule has 0 atom stereocenters. The first-order chi connectivity index (χ1) is 10.9. The predicted molar refractivity (Wildman–Crippen MR) is 92.2 cm³/mol. The number of halogens is 2. The van der Waals surface area contributed by atoms with Crippen molar-refractivity contribution in [3.63, 3.8) is 0 Å². The second-order valence-electron chi connectivity index (χ2n) is 4.83. The van der Waals surface area contributed by atoms with E-state index in [0.29, 0.717) is 22.4 Å². The molecule has 0 fully saturated rings. The van der Waals surface area contributed by atoms with Gasteiger partial charge in [-0.15, -0.1) is 0 Å². The van der Waals surface area contributed by atoms with E-state index in [1.807, 2.05) is 0 Å². The Morgan fingerprint density at radius 2 is 2.00 bits per heavy atom. The van der Waals surface area contributed by atoms with Crippen molar-refractivity contribution in [2.75, 3.05) is 12.4 Å². The molecule has 0 saturated carbocycles. The van der Waals surface area contributed by atoms with Crippen LogP contribution in [0.15, 0.2) is 42.5 Å². The Morgan fingerprint density at radius 3 is 2.61 bits per heavy atom. The number of rotatable bonds is 4. The van der Waals surface area contributed by atoms with E-state index in [2.05, 4.69) is 5.32 Å². The van der Waals surface area contributed by atoms with Crippen molar-refractivity contribution >= 4 is 40.3 Å². The van der Waals surface area contributed by atoms with Gasteiger partial charge >= 0.3 is 0 Å². The fraction of sp³-hybridized carbons (Fsp3) is 0.133. The molecule has 0 heterocycles. The lowest BCUT2D eigenvalue weighted by atomic mass is 10.2. The van der Waals surface area contributed by atoms with Gasteiger partial charge in [0.15, 0.2) is 5.11 Å². The van der Waals surface area contributed by atoms with E-state index in [9.17, 15) is 14.5 Å². The first-order valence-electron chi connectivity index (χ1n) is 6.57. The summed E-state index contributed by atoms with van der Waals surface area (Å²) in [6, 6.07) is 10.1. The third-order valence-electron chi connectivity index (χ3n) is 3.08. The molecule has 2 aromatic carbocycles. The largest absolute Gasteiger partial charge is 0.348 e. The highest BCUT2D eigenvalue weighted by molar-refractivity contribution is 7.80. The molecule has 0 aromatic heterocycles. The monoisotopic (exact) mass is 353 g/mol. The van der Waals surface area contributed by atoms with E-state index in [1.54, 1.807) is 24.1 Å². The van der Waals surface area contributed by atoms with Gasteiger partial charge in [0, 0.05) is 25.7 Å². The molecule has 0 amide bonds. The van der Waals surface area contributed by atoms with Gasteiger partial charge < -0.3 is 10.2 Å². The Bertz CT molecular complexity index is 740. The number of non-ortho nitro benzene ring substituents is 1. The smallest absolute Gasteiger partial charge is 0.271 e. The fourth-order valence-electron chi connectivity index (χ4n) is 1.87. The van der Waals surface area contributed by atoms with Crippen LogP contribution in [-0.4, -0.2) is 22.0 Å². The number of anilines is 1. The summed E-state index contributed by atoms with van der Waals surface area (Å²) in [7, 11) is 1.75. The molecule has 0 aliphatic rings. The molecule has 8 heteroatoms. The Kier molecular flexibility index (Phi) is 5.46. The van der Waals surface area contributed by atoms with Crippen LogP contribution in [-0.2, 0) is 6.54 Å². The third-order valence-corrected chi connectivity index (χ3v) is 3.83. The van der Waals surface area contributed by atoms with Crippen LogP contribution in [0.1, 0.15) is 5.56 Å². The fourth-order valence-corrected chi connectivity index (χ4v) is 2.21. The van der Waals surface area contributed by atoms with Gasteiger partial charge in [0.2, 0.25) is 0 Å². The molecule has 2 aromatic rings. The van der Waals surface area contributed by atoms with E-state index in [4.69, 9.17) is 23.8 Å². The highest BCUT2D eigenvalue weighted by Gasteiger charge is 2.12. The molecule has 0 saturated heterocycles. The quantitative estimate of drug-likeness (QED) is 0.506. The minimum atomic E-state index is -0.507. The number of hydrogen-bond acceptors (Lipinski definition) is 3. The summed E-state index contributed by atoms with van der Waals surface area (Å²) in [4.78, 5) is 12.0. The average molecular weight is 354 g/mol. The van der Waals surface area contributed by atoms with Crippen molar-refractivity contribution in [2.45, 2.75) is 6.54 Å². The normalized spacial score (nSPS) is 10.2. The van der Waals surface area contributed by atoms with E-state index in [-0.39, 0.29) is 11.5 Å². The molecule has 0 unspecified atom stereocenters. The SMILES string of the molecule is CN(Cc1ccc(F)cc1)C(=S)Nc1cc([N+](=O)[O-])ccc1Cl. The lowest BCUT2D eigenvalue weighted by Gasteiger charge is -2.21. The summed E-state index contributed by atoms with van der Waals surface area (Å²) in [5, 5.41) is 14.4. The van der Waals surface area contributed by atoms with Crippen molar-refractivity contribution in [2.24, 2.45) is 0 Å². The van der Waals surface area contributed by atoms with Crippen LogP contribution in [0.2, 0.25) is 5.02 Å². The number of benzene rings is 2. The maximum absolute atomic E-state index is 12.9. The first kappa shape index (κ1) is 17.1. The van der Waals surface area contributed by atoms with E-state index < -0.39 is 4.92 Å². The van der Waals surface area contributed by atoms with Gasteiger partial charge in [-0.1, -0.05) is 23.7 Å².